The van der Waals surface area contributed by atoms with Crippen molar-refractivity contribution in [3.63, 3.8) is 0 Å². The molecule has 2 heterocycles. The van der Waals surface area contributed by atoms with Gasteiger partial charge in [0.25, 0.3) is 0 Å². The SMILES string of the molecule is CC1=CC(=O)C(O)C2(C)C1CC1OC(=O)C=C3C(C)(C4OC(=O)CC4CO)CC(O)C2C31C. The molecule has 10 atom stereocenters. The van der Waals surface area contributed by atoms with Crippen molar-refractivity contribution >= 4 is 17.7 Å². The monoisotopic (exact) mass is 460 g/mol. The topological polar surface area (TPSA) is 130 Å². The smallest absolute Gasteiger partial charge is 0.331 e. The van der Waals surface area contributed by atoms with E-state index >= 15 is 0 Å². The molecular weight excluding hydrogens is 428 g/mol. The predicted molar refractivity (Wildman–Crippen MR) is 114 cm³/mol. The highest BCUT2D eigenvalue weighted by Gasteiger charge is 2.72. The van der Waals surface area contributed by atoms with Gasteiger partial charge >= 0.3 is 11.9 Å². The van der Waals surface area contributed by atoms with Crippen LogP contribution in [-0.2, 0) is 23.9 Å². The number of allylic oxidation sites excluding steroid dienone is 1. The van der Waals surface area contributed by atoms with Gasteiger partial charge in [0.2, 0.25) is 0 Å². The largest absolute Gasteiger partial charge is 0.461 e. The molecule has 3 N–H and O–H groups in total. The lowest BCUT2D eigenvalue weighted by Crippen LogP contribution is -2.71. The Hall–Kier alpha value is -2.03. The molecule has 0 radical (unpaired) electrons. The third kappa shape index (κ3) is 2.71. The van der Waals surface area contributed by atoms with Crippen LogP contribution in [0.25, 0.3) is 0 Å². The van der Waals surface area contributed by atoms with Crippen LogP contribution in [0, 0.1) is 34.0 Å². The summed E-state index contributed by atoms with van der Waals surface area (Å²) in [6.07, 6.45) is 0.0308. The lowest BCUT2D eigenvalue weighted by Gasteiger charge is -2.68. The first-order valence-corrected chi connectivity index (χ1v) is 11.7. The highest BCUT2D eigenvalue weighted by atomic mass is 16.6. The Morgan fingerprint density at radius 3 is 2.45 bits per heavy atom. The number of carbonyl (C=O) groups is 3. The number of hydrogen-bond donors (Lipinski definition) is 3. The fourth-order valence-corrected chi connectivity index (χ4v) is 8.43. The molecule has 0 amide bonds. The van der Waals surface area contributed by atoms with E-state index in [-0.39, 0.29) is 31.1 Å². The van der Waals surface area contributed by atoms with Crippen LogP contribution in [0.3, 0.4) is 0 Å². The second-order valence-corrected chi connectivity index (χ2v) is 11.3. The summed E-state index contributed by atoms with van der Waals surface area (Å²) < 4.78 is 11.5. The molecule has 2 saturated carbocycles. The number of ketones is 1. The average molecular weight is 461 g/mol. The van der Waals surface area contributed by atoms with E-state index in [0.717, 1.165) is 5.57 Å². The standard InChI is InChI=1S/C25H32O8/c1-11-5-14(27)21(31)24(3)13(11)7-17-25(4)16(8-19(30)32-17)23(2,9-15(28)20(24)25)22-12(10-26)6-18(29)33-22/h5,8,12-13,15,17,20-22,26,28,31H,6-7,9-10H2,1-4H3. The molecule has 5 aliphatic rings. The Balaban J connectivity index is 1.70. The highest BCUT2D eigenvalue weighted by Crippen LogP contribution is 2.70. The number of hydrogen-bond acceptors (Lipinski definition) is 8. The molecule has 3 fully saturated rings. The van der Waals surface area contributed by atoms with Crippen LogP contribution in [-0.4, -0.2) is 64.1 Å². The van der Waals surface area contributed by atoms with Crippen molar-refractivity contribution in [1.82, 2.24) is 0 Å². The summed E-state index contributed by atoms with van der Waals surface area (Å²) in [7, 11) is 0. The molecule has 33 heavy (non-hydrogen) atoms. The van der Waals surface area contributed by atoms with Crippen LogP contribution in [0.5, 0.6) is 0 Å². The Morgan fingerprint density at radius 2 is 1.79 bits per heavy atom. The molecule has 3 aliphatic carbocycles. The quantitative estimate of drug-likeness (QED) is 0.522. The number of rotatable bonds is 2. The molecular formula is C25H32O8. The van der Waals surface area contributed by atoms with Gasteiger partial charge in [-0.15, -0.1) is 0 Å². The van der Waals surface area contributed by atoms with Gasteiger partial charge in [0, 0.05) is 34.2 Å². The van der Waals surface area contributed by atoms with Gasteiger partial charge < -0.3 is 24.8 Å². The van der Waals surface area contributed by atoms with Crippen LogP contribution in [0.4, 0.5) is 0 Å². The normalized spacial score (nSPS) is 51.1. The highest BCUT2D eigenvalue weighted by molar-refractivity contribution is 5.96. The summed E-state index contributed by atoms with van der Waals surface area (Å²) in [5.41, 5.74) is -1.25. The lowest BCUT2D eigenvalue weighted by molar-refractivity contribution is -0.232. The molecule has 10 unspecified atom stereocenters. The van der Waals surface area contributed by atoms with Crippen molar-refractivity contribution in [1.29, 1.82) is 0 Å². The van der Waals surface area contributed by atoms with Gasteiger partial charge in [0.05, 0.1) is 19.1 Å². The van der Waals surface area contributed by atoms with Gasteiger partial charge in [-0.2, -0.15) is 0 Å². The zero-order chi connectivity index (χ0) is 24.1. The maximum atomic E-state index is 12.8. The molecule has 0 aromatic rings. The van der Waals surface area contributed by atoms with E-state index < -0.39 is 64.4 Å². The first kappa shape index (κ1) is 22.7. The molecule has 8 heteroatoms. The molecule has 0 aromatic heterocycles. The van der Waals surface area contributed by atoms with Crippen LogP contribution in [0.15, 0.2) is 23.3 Å². The zero-order valence-electron chi connectivity index (χ0n) is 19.4. The minimum absolute atomic E-state index is 0.0745. The number of esters is 2. The summed E-state index contributed by atoms with van der Waals surface area (Å²) in [5, 5.41) is 32.8. The van der Waals surface area contributed by atoms with Crippen molar-refractivity contribution in [3.8, 4) is 0 Å². The van der Waals surface area contributed by atoms with Crippen molar-refractivity contribution < 1.29 is 39.2 Å². The summed E-state index contributed by atoms with van der Waals surface area (Å²) in [5.74, 6) is -2.55. The van der Waals surface area contributed by atoms with Crippen molar-refractivity contribution in [2.45, 2.75) is 71.4 Å². The number of cyclic esters (lactones) is 1. The number of ether oxygens (including phenoxy) is 2. The molecule has 8 nitrogen and oxygen atoms in total. The molecule has 180 valence electrons. The first-order chi connectivity index (χ1) is 15.4. The molecule has 0 spiro atoms. The number of aliphatic hydroxyl groups is 3. The predicted octanol–water partition coefficient (Wildman–Crippen LogP) is 1.07. The Morgan fingerprint density at radius 1 is 1.09 bits per heavy atom. The van der Waals surface area contributed by atoms with Crippen molar-refractivity contribution in [3.05, 3.63) is 23.3 Å². The lowest BCUT2D eigenvalue weighted by atomic mass is 9.38. The summed E-state index contributed by atoms with van der Waals surface area (Å²) in [4.78, 5) is 37.6. The second kappa shape index (κ2) is 6.99. The Kier molecular flexibility index (Phi) is 4.82. The van der Waals surface area contributed by atoms with Crippen LogP contribution >= 0.6 is 0 Å². The third-order valence-corrected chi connectivity index (χ3v) is 9.68. The Labute approximate surface area is 192 Å². The molecule has 1 saturated heterocycles. The summed E-state index contributed by atoms with van der Waals surface area (Å²) in [6, 6.07) is 0. The molecule has 5 rings (SSSR count). The Bertz CT molecular complexity index is 998. The van der Waals surface area contributed by atoms with E-state index in [9.17, 15) is 29.7 Å². The van der Waals surface area contributed by atoms with Gasteiger partial charge in [0.15, 0.2) is 5.78 Å². The van der Waals surface area contributed by atoms with E-state index in [1.807, 2.05) is 27.7 Å². The maximum absolute atomic E-state index is 12.8. The van der Waals surface area contributed by atoms with Crippen molar-refractivity contribution in [2.75, 3.05) is 6.61 Å². The molecule has 2 aliphatic heterocycles. The van der Waals surface area contributed by atoms with E-state index in [1.165, 1.54) is 12.2 Å². The molecule has 0 aromatic carbocycles. The maximum Gasteiger partial charge on any atom is 0.331 e. The molecule has 0 bridgehead atoms. The third-order valence-electron chi connectivity index (χ3n) is 9.68. The minimum Gasteiger partial charge on any atom is -0.461 e. The van der Waals surface area contributed by atoms with Crippen LogP contribution in [0.1, 0.15) is 47.0 Å². The van der Waals surface area contributed by atoms with Gasteiger partial charge in [-0.3, -0.25) is 9.59 Å². The van der Waals surface area contributed by atoms with E-state index in [0.29, 0.717) is 12.0 Å². The fourth-order valence-electron chi connectivity index (χ4n) is 8.43. The summed E-state index contributed by atoms with van der Waals surface area (Å²) in [6.45, 7) is 7.25. The first-order valence-electron chi connectivity index (χ1n) is 11.7. The van der Waals surface area contributed by atoms with Gasteiger partial charge in [-0.25, -0.2) is 4.79 Å². The van der Waals surface area contributed by atoms with Gasteiger partial charge in [-0.1, -0.05) is 26.3 Å². The number of aliphatic hydroxyl groups excluding tert-OH is 3. The van der Waals surface area contributed by atoms with E-state index in [1.54, 1.807) is 0 Å². The zero-order valence-corrected chi connectivity index (χ0v) is 19.4. The van der Waals surface area contributed by atoms with Crippen molar-refractivity contribution in [2.24, 2.45) is 34.0 Å². The fraction of sp³-hybridized carbons (Fsp3) is 0.720. The van der Waals surface area contributed by atoms with E-state index in [4.69, 9.17) is 9.47 Å². The second-order valence-electron chi connectivity index (χ2n) is 11.3. The summed E-state index contributed by atoms with van der Waals surface area (Å²) >= 11 is 0. The van der Waals surface area contributed by atoms with E-state index in [2.05, 4.69) is 0 Å². The van der Waals surface area contributed by atoms with Crippen LogP contribution < -0.4 is 0 Å². The van der Waals surface area contributed by atoms with Crippen LogP contribution in [0.2, 0.25) is 0 Å². The van der Waals surface area contributed by atoms with Gasteiger partial charge in [0.1, 0.15) is 18.3 Å². The number of carbonyl (C=O) groups excluding carboxylic acids is 3. The van der Waals surface area contributed by atoms with Gasteiger partial charge in [-0.05, 0) is 37.3 Å². The minimum atomic E-state index is -1.29. The number of fused-ring (bicyclic) bond motifs is 2. The average Bonchev–Trinajstić information content (AvgIpc) is 3.12.